The predicted molar refractivity (Wildman–Crippen MR) is 66.4 cm³/mol. The number of H-pyrrole nitrogens is 1. The first kappa shape index (κ1) is 10.6. The number of rotatable bonds is 3. The standard InChI is InChI=1S/C14H19N3O/c1-17(7-10-15-4-5-16-10)14(18)13-11-8-2-3-9(6-8)12(11)13/h4-5,8-9,11-13H,2-3,6-7H2,1H3,(H,15,16). The van der Waals surface area contributed by atoms with E-state index in [4.69, 9.17) is 0 Å². The first-order chi connectivity index (χ1) is 8.75. The zero-order chi connectivity index (χ0) is 12.3. The van der Waals surface area contributed by atoms with E-state index in [9.17, 15) is 4.79 Å². The van der Waals surface area contributed by atoms with E-state index in [2.05, 4.69) is 9.97 Å². The molecule has 18 heavy (non-hydrogen) atoms. The molecule has 4 rings (SSSR count). The van der Waals surface area contributed by atoms with Crippen LogP contribution in [0.25, 0.3) is 0 Å². The van der Waals surface area contributed by atoms with Gasteiger partial charge in [-0.1, -0.05) is 0 Å². The zero-order valence-electron chi connectivity index (χ0n) is 10.7. The van der Waals surface area contributed by atoms with Gasteiger partial charge >= 0.3 is 0 Å². The fraction of sp³-hybridized carbons (Fsp3) is 0.714. The Bertz CT molecular complexity index is 453. The lowest BCUT2D eigenvalue weighted by Crippen LogP contribution is -2.30. The van der Waals surface area contributed by atoms with Gasteiger partial charge in [0.15, 0.2) is 0 Å². The van der Waals surface area contributed by atoms with Gasteiger partial charge in [0, 0.05) is 25.4 Å². The minimum atomic E-state index is 0.344. The van der Waals surface area contributed by atoms with Crippen LogP contribution >= 0.6 is 0 Å². The van der Waals surface area contributed by atoms with Gasteiger partial charge in [-0.15, -0.1) is 0 Å². The minimum absolute atomic E-state index is 0.344. The smallest absolute Gasteiger partial charge is 0.226 e. The number of carbonyl (C=O) groups excluding carboxylic acids is 1. The zero-order valence-corrected chi connectivity index (χ0v) is 10.7. The number of nitrogens with one attached hydrogen (secondary N) is 1. The Morgan fingerprint density at radius 3 is 2.78 bits per heavy atom. The van der Waals surface area contributed by atoms with Gasteiger partial charge in [-0.2, -0.15) is 0 Å². The molecule has 4 nitrogen and oxygen atoms in total. The van der Waals surface area contributed by atoms with E-state index >= 15 is 0 Å². The Morgan fingerprint density at radius 1 is 1.44 bits per heavy atom. The lowest BCUT2D eigenvalue weighted by molar-refractivity contribution is -0.133. The first-order valence-electron chi connectivity index (χ1n) is 6.99. The Labute approximate surface area is 107 Å². The molecule has 0 aliphatic heterocycles. The van der Waals surface area contributed by atoms with Crippen molar-refractivity contribution >= 4 is 5.91 Å². The van der Waals surface area contributed by atoms with Gasteiger partial charge in [0.2, 0.25) is 5.91 Å². The number of nitrogens with zero attached hydrogens (tertiary/aromatic N) is 2. The van der Waals surface area contributed by atoms with E-state index < -0.39 is 0 Å². The van der Waals surface area contributed by atoms with Crippen LogP contribution in [0.5, 0.6) is 0 Å². The van der Waals surface area contributed by atoms with E-state index in [-0.39, 0.29) is 0 Å². The van der Waals surface area contributed by atoms with Crippen molar-refractivity contribution < 1.29 is 4.79 Å². The first-order valence-corrected chi connectivity index (χ1v) is 6.99. The van der Waals surface area contributed by atoms with Crippen LogP contribution < -0.4 is 0 Å². The van der Waals surface area contributed by atoms with Crippen LogP contribution in [-0.2, 0) is 11.3 Å². The van der Waals surface area contributed by atoms with Gasteiger partial charge in [0.1, 0.15) is 5.82 Å². The number of aromatic nitrogens is 2. The van der Waals surface area contributed by atoms with E-state index in [0.29, 0.717) is 18.4 Å². The topological polar surface area (TPSA) is 49.0 Å². The summed E-state index contributed by atoms with van der Waals surface area (Å²) in [4.78, 5) is 21.5. The lowest BCUT2D eigenvalue weighted by atomic mass is 10.0. The maximum atomic E-state index is 12.4. The summed E-state index contributed by atoms with van der Waals surface area (Å²) in [5, 5.41) is 0. The molecule has 0 spiro atoms. The second-order valence-electron chi connectivity index (χ2n) is 6.24. The Kier molecular flexibility index (Phi) is 2.11. The molecule has 4 heteroatoms. The van der Waals surface area contributed by atoms with Crippen molar-refractivity contribution in [3.63, 3.8) is 0 Å². The highest BCUT2D eigenvalue weighted by atomic mass is 16.2. The highest BCUT2D eigenvalue weighted by Crippen LogP contribution is 2.69. The molecule has 1 aromatic heterocycles. The van der Waals surface area contributed by atoms with Crippen molar-refractivity contribution in [2.45, 2.75) is 25.8 Å². The third kappa shape index (κ3) is 1.38. The molecule has 0 aromatic carbocycles. The summed E-state index contributed by atoms with van der Waals surface area (Å²) in [6.07, 6.45) is 7.69. The number of carbonyl (C=O) groups is 1. The van der Waals surface area contributed by atoms with Crippen LogP contribution in [0.1, 0.15) is 25.1 Å². The quantitative estimate of drug-likeness (QED) is 0.880. The number of amides is 1. The summed E-state index contributed by atoms with van der Waals surface area (Å²) in [5.74, 6) is 4.76. The van der Waals surface area contributed by atoms with E-state index in [1.165, 1.54) is 19.3 Å². The third-order valence-electron chi connectivity index (χ3n) is 5.34. The molecule has 1 N–H and O–H groups in total. The maximum absolute atomic E-state index is 12.4. The van der Waals surface area contributed by atoms with Crippen LogP contribution in [0, 0.1) is 29.6 Å². The second-order valence-corrected chi connectivity index (χ2v) is 6.24. The summed E-state index contributed by atoms with van der Waals surface area (Å²) >= 11 is 0. The normalized spacial score (nSPS) is 39.7. The fourth-order valence-electron chi connectivity index (χ4n) is 4.60. The molecule has 3 aliphatic rings. The van der Waals surface area contributed by atoms with E-state index in [1.807, 2.05) is 11.9 Å². The van der Waals surface area contributed by atoms with Gasteiger partial charge in [-0.05, 0) is 42.9 Å². The van der Waals surface area contributed by atoms with Gasteiger partial charge < -0.3 is 9.88 Å². The average Bonchev–Trinajstić information content (AvgIpc) is 2.81. The van der Waals surface area contributed by atoms with Crippen LogP contribution in [0.3, 0.4) is 0 Å². The molecule has 3 saturated carbocycles. The molecule has 1 amide bonds. The lowest BCUT2D eigenvalue weighted by Gasteiger charge is -2.18. The highest BCUT2D eigenvalue weighted by Gasteiger charge is 2.67. The summed E-state index contributed by atoms with van der Waals surface area (Å²) in [6.45, 7) is 0.608. The summed E-state index contributed by atoms with van der Waals surface area (Å²) in [5.41, 5.74) is 0. The Morgan fingerprint density at radius 2 is 2.17 bits per heavy atom. The van der Waals surface area contributed by atoms with Crippen LogP contribution in [0.2, 0.25) is 0 Å². The molecule has 4 unspecified atom stereocenters. The second kappa shape index (κ2) is 3.59. The van der Waals surface area contributed by atoms with Gasteiger partial charge in [0.05, 0.1) is 6.54 Å². The fourth-order valence-corrected chi connectivity index (χ4v) is 4.60. The molecule has 0 saturated heterocycles. The van der Waals surface area contributed by atoms with Gasteiger partial charge in [-0.25, -0.2) is 4.98 Å². The number of imidazole rings is 1. The molecule has 2 bridgehead atoms. The molecular weight excluding hydrogens is 226 g/mol. The average molecular weight is 245 g/mol. The molecule has 1 aromatic rings. The van der Waals surface area contributed by atoms with E-state index in [0.717, 1.165) is 29.5 Å². The summed E-state index contributed by atoms with van der Waals surface area (Å²) < 4.78 is 0. The van der Waals surface area contributed by atoms with Crippen molar-refractivity contribution in [2.24, 2.45) is 29.6 Å². The van der Waals surface area contributed by atoms with Crippen LogP contribution in [0.4, 0.5) is 0 Å². The van der Waals surface area contributed by atoms with Crippen molar-refractivity contribution in [3.05, 3.63) is 18.2 Å². The number of hydrogen-bond acceptors (Lipinski definition) is 2. The van der Waals surface area contributed by atoms with Crippen LogP contribution in [-0.4, -0.2) is 27.8 Å². The molecule has 96 valence electrons. The number of hydrogen-bond donors (Lipinski definition) is 1. The molecule has 3 fully saturated rings. The van der Waals surface area contributed by atoms with Crippen molar-refractivity contribution in [1.82, 2.24) is 14.9 Å². The summed E-state index contributed by atoms with van der Waals surface area (Å²) in [6, 6.07) is 0. The van der Waals surface area contributed by atoms with Gasteiger partial charge in [-0.3, -0.25) is 4.79 Å². The number of aromatic amines is 1. The van der Waals surface area contributed by atoms with Crippen molar-refractivity contribution in [2.75, 3.05) is 7.05 Å². The van der Waals surface area contributed by atoms with Crippen molar-refractivity contribution in [3.8, 4) is 0 Å². The largest absolute Gasteiger partial charge is 0.347 e. The maximum Gasteiger partial charge on any atom is 0.226 e. The molecule has 1 heterocycles. The molecule has 3 aliphatic carbocycles. The predicted octanol–water partition coefficient (Wildman–Crippen LogP) is 1.66. The minimum Gasteiger partial charge on any atom is -0.347 e. The SMILES string of the molecule is CN(Cc1ncc[nH]1)C(=O)C1C2C3CCC(C3)C12. The third-order valence-corrected chi connectivity index (χ3v) is 5.34. The number of fused-ring (bicyclic) bond motifs is 5. The summed E-state index contributed by atoms with van der Waals surface area (Å²) in [7, 11) is 1.90. The molecule has 0 radical (unpaired) electrons. The Hall–Kier alpha value is -1.32. The molecule has 4 atom stereocenters. The van der Waals surface area contributed by atoms with Gasteiger partial charge in [0.25, 0.3) is 0 Å². The highest BCUT2D eigenvalue weighted by molar-refractivity contribution is 5.82. The van der Waals surface area contributed by atoms with Crippen LogP contribution in [0.15, 0.2) is 12.4 Å². The molecular formula is C14H19N3O. The Balaban J connectivity index is 1.43. The monoisotopic (exact) mass is 245 g/mol. The van der Waals surface area contributed by atoms with E-state index in [1.54, 1.807) is 12.4 Å². The van der Waals surface area contributed by atoms with Crippen molar-refractivity contribution in [1.29, 1.82) is 0 Å².